The van der Waals surface area contributed by atoms with E-state index in [0.29, 0.717) is 71.2 Å². The van der Waals surface area contributed by atoms with Gasteiger partial charge in [0, 0.05) is 54.4 Å². The lowest BCUT2D eigenvalue weighted by Crippen LogP contribution is -2.17. The molecule has 2 aliphatic rings. The third-order valence-corrected chi connectivity index (χ3v) is 8.51. The molecule has 2 atom stereocenters. The van der Waals surface area contributed by atoms with Crippen molar-refractivity contribution in [2.45, 2.75) is 58.0 Å². The smallest absolute Gasteiger partial charge is 0.332 e. The fourth-order valence-corrected chi connectivity index (χ4v) is 6.03. The zero-order valence-electron chi connectivity index (χ0n) is 25.9. The van der Waals surface area contributed by atoms with Crippen molar-refractivity contribution in [2.75, 3.05) is 24.2 Å². The van der Waals surface area contributed by atoms with Gasteiger partial charge < -0.3 is 25.6 Å². The summed E-state index contributed by atoms with van der Waals surface area (Å²) in [6.07, 6.45) is 5.20. The van der Waals surface area contributed by atoms with E-state index in [-0.39, 0.29) is 30.1 Å². The van der Waals surface area contributed by atoms with E-state index in [1.165, 1.54) is 0 Å². The second-order valence-electron chi connectivity index (χ2n) is 12.0. The first-order chi connectivity index (χ1) is 22.1. The van der Waals surface area contributed by atoms with E-state index in [2.05, 4.69) is 44.8 Å². The molecule has 12 nitrogen and oxygen atoms in total. The first-order valence-corrected chi connectivity index (χ1v) is 15.1. The molecule has 0 spiro atoms. The number of ether oxygens (including phenoxy) is 2. The number of carbonyl (C=O) groups is 1. The van der Waals surface area contributed by atoms with E-state index >= 15 is 0 Å². The van der Waals surface area contributed by atoms with Crippen molar-refractivity contribution in [1.82, 2.24) is 19.6 Å². The number of aliphatic carboxylic acids is 1. The molecule has 2 unspecified atom stereocenters. The molecule has 0 saturated carbocycles. The minimum absolute atomic E-state index is 0.00650. The molecule has 4 N–H and O–H groups in total. The van der Waals surface area contributed by atoms with Crippen LogP contribution in [0.1, 0.15) is 72.7 Å². The standard InChI is InChI=1S/C34H34N8O4/c1-18(2)27-5-8-42(39-27)31-14-29(38-17-20(4)34(43)44)25(16-36)23-12-21(46-33(23)31)11-19(3)28-6-9-41(40-28)30-13-26(37)24(15-35)22-7-10-45-32(22)30/h5-6,8-9,13-14,18-19,21,38H,4,7,10-12,17,37H2,1-3H3,(H,43,44). The Balaban J connectivity index is 1.28. The summed E-state index contributed by atoms with van der Waals surface area (Å²) in [5.41, 5.74) is 12.6. The number of hydrogen-bond donors (Lipinski definition) is 3. The number of hydrogen-bond acceptors (Lipinski definition) is 9. The maximum atomic E-state index is 11.4. The lowest BCUT2D eigenvalue weighted by molar-refractivity contribution is -0.132. The topological polar surface area (TPSA) is 177 Å². The van der Waals surface area contributed by atoms with Gasteiger partial charge in [0.2, 0.25) is 0 Å². The lowest BCUT2D eigenvalue weighted by atomic mass is 9.95. The molecule has 0 radical (unpaired) electrons. The molecule has 0 fully saturated rings. The van der Waals surface area contributed by atoms with Crippen molar-refractivity contribution >= 4 is 17.3 Å². The highest BCUT2D eigenvalue weighted by atomic mass is 16.5. The molecule has 6 rings (SSSR count). The van der Waals surface area contributed by atoms with Crippen LogP contribution in [0.3, 0.4) is 0 Å². The van der Waals surface area contributed by atoms with Crippen LogP contribution in [-0.2, 0) is 17.6 Å². The van der Waals surface area contributed by atoms with Crippen molar-refractivity contribution in [2.24, 2.45) is 0 Å². The van der Waals surface area contributed by atoms with Crippen LogP contribution in [-0.4, -0.2) is 49.9 Å². The molecule has 2 aromatic carbocycles. The summed E-state index contributed by atoms with van der Waals surface area (Å²) in [5, 5.41) is 41.8. The van der Waals surface area contributed by atoms with Gasteiger partial charge in [-0.05, 0) is 36.6 Å². The average Bonchev–Trinajstić information content (AvgIpc) is 3.85. The Bertz CT molecular complexity index is 1960. The predicted molar refractivity (Wildman–Crippen MR) is 171 cm³/mol. The lowest BCUT2D eigenvalue weighted by Gasteiger charge is -2.17. The van der Waals surface area contributed by atoms with Crippen molar-refractivity contribution in [3.63, 3.8) is 0 Å². The van der Waals surface area contributed by atoms with Crippen LogP contribution in [0.25, 0.3) is 11.4 Å². The number of fused-ring (bicyclic) bond motifs is 2. The Hall–Kier alpha value is -5.75. The van der Waals surface area contributed by atoms with Gasteiger partial charge in [-0.1, -0.05) is 27.4 Å². The number of carboxylic acid groups (broad SMARTS) is 1. The van der Waals surface area contributed by atoms with Gasteiger partial charge in [-0.25, -0.2) is 14.2 Å². The molecule has 0 amide bonds. The maximum Gasteiger partial charge on any atom is 0.332 e. The predicted octanol–water partition coefficient (Wildman–Crippen LogP) is 4.99. The van der Waals surface area contributed by atoms with Gasteiger partial charge in [0.15, 0.2) is 0 Å². The number of anilines is 2. The summed E-state index contributed by atoms with van der Waals surface area (Å²) in [5.74, 6) is 0.316. The number of nitriles is 2. The highest BCUT2D eigenvalue weighted by molar-refractivity contribution is 5.87. The Labute approximate surface area is 266 Å². The van der Waals surface area contributed by atoms with Gasteiger partial charge in [0.25, 0.3) is 0 Å². The molecule has 46 heavy (non-hydrogen) atoms. The Morgan fingerprint density at radius 2 is 1.76 bits per heavy atom. The number of nitrogens with two attached hydrogens (primary N) is 1. The minimum Gasteiger partial charge on any atom is -0.491 e. The molecule has 234 valence electrons. The van der Waals surface area contributed by atoms with E-state index < -0.39 is 5.97 Å². The van der Waals surface area contributed by atoms with E-state index in [1.807, 2.05) is 24.5 Å². The third kappa shape index (κ3) is 5.39. The molecule has 4 heterocycles. The van der Waals surface area contributed by atoms with E-state index in [9.17, 15) is 20.4 Å². The molecule has 12 heteroatoms. The third-order valence-electron chi connectivity index (χ3n) is 8.51. The van der Waals surface area contributed by atoms with Gasteiger partial charge in [0.1, 0.15) is 41.1 Å². The second kappa shape index (κ2) is 12.0. The largest absolute Gasteiger partial charge is 0.491 e. The first kappa shape index (κ1) is 30.3. The normalized spacial score (nSPS) is 15.3. The van der Waals surface area contributed by atoms with Crippen LogP contribution >= 0.6 is 0 Å². The molecule has 4 aromatic rings. The van der Waals surface area contributed by atoms with Gasteiger partial charge in [-0.2, -0.15) is 20.7 Å². The van der Waals surface area contributed by atoms with Crippen LogP contribution in [0.4, 0.5) is 11.4 Å². The van der Waals surface area contributed by atoms with Gasteiger partial charge in [-0.15, -0.1) is 0 Å². The van der Waals surface area contributed by atoms with Gasteiger partial charge in [0.05, 0.1) is 40.5 Å². The van der Waals surface area contributed by atoms with Crippen molar-refractivity contribution in [3.8, 4) is 35.0 Å². The number of benzene rings is 2. The summed E-state index contributed by atoms with van der Waals surface area (Å²) in [4.78, 5) is 11.4. The fraction of sp³-hybridized carbons (Fsp3) is 0.324. The molecule has 0 aliphatic carbocycles. The summed E-state index contributed by atoms with van der Waals surface area (Å²) in [7, 11) is 0. The number of aromatic nitrogens is 4. The van der Waals surface area contributed by atoms with Crippen LogP contribution < -0.4 is 20.5 Å². The molecular formula is C34H34N8O4. The Morgan fingerprint density at radius 3 is 2.41 bits per heavy atom. The number of nitrogens with zero attached hydrogens (tertiary/aromatic N) is 6. The highest BCUT2D eigenvalue weighted by Crippen LogP contribution is 2.43. The van der Waals surface area contributed by atoms with Gasteiger partial charge >= 0.3 is 5.97 Å². The molecular weight excluding hydrogens is 584 g/mol. The zero-order valence-corrected chi connectivity index (χ0v) is 25.9. The van der Waals surface area contributed by atoms with E-state index in [0.717, 1.165) is 22.5 Å². The quantitative estimate of drug-likeness (QED) is 0.162. The van der Waals surface area contributed by atoms with E-state index in [4.69, 9.17) is 25.4 Å². The highest BCUT2D eigenvalue weighted by Gasteiger charge is 2.33. The molecule has 2 aromatic heterocycles. The SMILES string of the molecule is C=C(CNc1cc(-n2ccc(C(C)C)n2)c2c(c1C#N)CC(CC(C)c1ccn(-c3cc(N)c(C#N)c4c3OCC4)n1)O2)C(=O)O. The number of nitrogens with one attached hydrogen (secondary N) is 1. The number of nitrogen functional groups attached to an aromatic ring is 1. The van der Waals surface area contributed by atoms with Gasteiger partial charge in [-0.3, -0.25) is 0 Å². The number of carboxylic acids is 1. The maximum absolute atomic E-state index is 11.4. The molecule has 0 saturated heterocycles. The van der Waals surface area contributed by atoms with Crippen LogP contribution in [0.5, 0.6) is 11.5 Å². The minimum atomic E-state index is -1.11. The average molecular weight is 619 g/mol. The van der Waals surface area contributed by atoms with Crippen molar-refractivity contribution in [1.29, 1.82) is 10.5 Å². The summed E-state index contributed by atoms with van der Waals surface area (Å²) in [6, 6.07) is 11.9. The Morgan fingerprint density at radius 1 is 1.09 bits per heavy atom. The van der Waals surface area contributed by atoms with Crippen LogP contribution in [0, 0.1) is 22.7 Å². The zero-order chi connectivity index (χ0) is 32.7. The Kier molecular flexibility index (Phi) is 7.88. The molecule has 0 bridgehead atoms. The second-order valence-corrected chi connectivity index (χ2v) is 12.0. The summed E-state index contributed by atoms with van der Waals surface area (Å²) < 4.78 is 15.9. The summed E-state index contributed by atoms with van der Waals surface area (Å²) in [6.45, 7) is 10.3. The first-order valence-electron chi connectivity index (χ1n) is 15.1. The summed E-state index contributed by atoms with van der Waals surface area (Å²) >= 11 is 0. The molecule has 2 aliphatic heterocycles. The van der Waals surface area contributed by atoms with Crippen LogP contribution in [0.2, 0.25) is 0 Å². The van der Waals surface area contributed by atoms with E-state index in [1.54, 1.807) is 21.5 Å². The van der Waals surface area contributed by atoms with Crippen molar-refractivity contribution in [3.05, 3.63) is 82.5 Å². The van der Waals surface area contributed by atoms with Crippen LogP contribution in [0.15, 0.2) is 48.8 Å². The van der Waals surface area contributed by atoms with Crippen molar-refractivity contribution < 1.29 is 19.4 Å². The monoisotopic (exact) mass is 618 g/mol. The number of rotatable bonds is 10. The fourth-order valence-electron chi connectivity index (χ4n) is 6.03.